The molecule has 3 N–H and O–H groups in total. The smallest absolute Gasteiger partial charge is 0.266 e. The summed E-state index contributed by atoms with van der Waals surface area (Å²) in [5.74, 6) is -0.543. The quantitative estimate of drug-likeness (QED) is 0.601. The maximum Gasteiger partial charge on any atom is 0.266 e. The molecule has 1 aliphatic heterocycles. The van der Waals surface area contributed by atoms with Crippen molar-refractivity contribution in [2.24, 2.45) is 11.7 Å². The van der Waals surface area contributed by atoms with E-state index in [-0.39, 0.29) is 16.5 Å². The molecule has 0 aliphatic carbocycles. The second-order valence-corrected chi connectivity index (χ2v) is 10.1. The normalized spacial score (nSPS) is 18.0. The van der Waals surface area contributed by atoms with Crippen molar-refractivity contribution in [1.82, 2.24) is 9.29 Å². The van der Waals surface area contributed by atoms with Crippen LogP contribution in [0.5, 0.6) is 0 Å². The summed E-state index contributed by atoms with van der Waals surface area (Å²) in [7, 11) is -3.91. The largest absolute Gasteiger partial charge is 0.364 e. The summed E-state index contributed by atoms with van der Waals surface area (Å²) >= 11 is 6.10. The number of halogens is 1. The first-order valence-corrected chi connectivity index (χ1v) is 11.8. The first kappa shape index (κ1) is 20.9. The Labute approximate surface area is 181 Å². The van der Waals surface area contributed by atoms with Crippen LogP contribution < -0.4 is 5.73 Å². The number of nitrogens with one attached hydrogen (secondary N) is 1. The number of aromatic nitrogens is 1. The zero-order valence-corrected chi connectivity index (χ0v) is 18.0. The maximum atomic E-state index is 13.6. The fourth-order valence-corrected chi connectivity index (χ4v) is 6.27. The van der Waals surface area contributed by atoms with Crippen LogP contribution in [-0.2, 0) is 16.4 Å². The number of nitrogens with two attached hydrogens (primary N) is 1. The molecule has 1 saturated heterocycles. The summed E-state index contributed by atoms with van der Waals surface area (Å²) < 4.78 is 28.6. The summed E-state index contributed by atoms with van der Waals surface area (Å²) in [6.07, 6.45) is 3.60. The van der Waals surface area contributed by atoms with Crippen molar-refractivity contribution in [1.29, 1.82) is 0 Å². The number of fused-ring (bicyclic) bond motifs is 1. The van der Waals surface area contributed by atoms with Crippen LogP contribution >= 0.6 is 11.6 Å². The molecule has 4 rings (SSSR count). The number of piperidine rings is 1. The number of hydrogen-bond acceptors (Lipinski definition) is 3. The molecule has 6 nitrogen and oxygen atoms in total. The first-order valence-electron chi connectivity index (χ1n) is 10.0. The number of hydrogen-bond donors (Lipinski definition) is 2. The Morgan fingerprint density at radius 1 is 1.20 bits per heavy atom. The topological polar surface area (TPSA) is 96.3 Å². The van der Waals surface area contributed by atoms with Crippen molar-refractivity contribution >= 4 is 38.4 Å². The van der Waals surface area contributed by atoms with Gasteiger partial charge >= 0.3 is 0 Å². The number of nitrogens with zero attached hydrogens (tertiary/aromatic N) is 1. The highest BCUT2D eigenvalue weighted by Gasteiger charge is 2.35. The highest BCUT2D eigenvalue weighted by Crippen LogP contribution is 2.34. The zero-order valence-electron chi connectivity index (χ0n) is 16.5. The minimum absolute atomic E-state index is 0.0730. The molecule has 1 amide bonds. The molecule has 1 atom stereocenters. The van der Waals surface area contributed by atoms with Crippen LogP contribution in [0.15, 0.2) is 53.4 Å². The van der Waals surface area contributed by atoms with Crippen molar-refractivity contribution in [3.8, 4) is 0 Å². The van der Waals surface area contributed by atoms with Crippen LogP contribution in [0.25, 0.3) is 10.9 Å². The zero-order chi connectivity index (χ0) is 21.3. The summed E-state index contributed by atoms with van der Waals surface area (Å²) in [6.45, 7) is 0.857. The number of carbonyl (C=O) groups is 1. The van der Waals surface area contributed by atoms with Crippen molar-refractivity contribution in [3.05, 3.63) is 64.8 Å². The summed E-state index contributed by atoms with van der Waals surface area (Å²) in [4.78, 5) is 14.8. The van der Waals surface area contributed by atoms with Gasteiger partial charge < -0.3 is 10.7 Å². The Balaban J connectivity index is 1.62. The van der Waals surface area contributed by atoms with Crippen LogP contribution in [0.3, 0.4) is 0 Å². The lowest BCUT2D eigenvalue weighted by Crippen LogP contribution is -2.40. The number of primary amides is 1. The summed E-state index contributed by atoms with van der Waals surface area (Å²) in [5, 5.41) is 0.788. The van der Waals surface area contributed by atoms with Gasteiger partial charge in [-0.3, -0.25) is 4.79 Å². The molecule has 158 valence electrons. The number of aryl methyl sites for hydroxylation is 1. The fourth-order valence-electron chi connectivity index (χ4n) is 4.21. The molecular weight excluding hydrogens is 422 g/mol. The summed E-state index contributed by atoms with van der Waals surface area (Å²) in [6, 6.07) is 15.1. The molecular formula is C22H24ClN3O3S. The van der Waals surface area contributed by atoms with Crippen molar-refractivity contribution < 1.29 is 13.2 Å². The second kappa shape index (κ2) is 8.41. The molecule has 2 heterocycles. The molecule has 1 fully saturated rings. The number of H-pyrrole nitrogens is 1. The SMILES string of the molecule is NC(=O)c1[nH]c2ccc(Cl)cc2c1S(=O)(=O)N1CCCC(CCc2ccccc2)C1. The summed E-state index contributed by atoms with van der Waals surface area (Å²) in [5.41, 5.74) is 7.17. The molecule has 2 aromatic carbocycles. The number of rotatable bonds is 6. The molecule has 0 bridgehead atoms. The first-order chi connectivity index (χ1) is 14.4. The van der Waals surface area contributed by atoms with Crippen LogP contribution in [0.2, 0.25) is 5.02 Å². The third kappa shape index (κ3) is 4.10. The van der Waals surface area contributed by atoms with Gasteiger partial charge in [0.2, 0.25) is 10.0 Å². The Kier molecular flexibility index (Phi) is 5.86. The predicted molar refractivity (Wildman–Crippen MR) is 118 cm³/mol. The predicted octanol–water partition coefficient (Wildman–Crippen LogP) is 3.95. The van der Waals surface area contributed by atoms with Crippen LogP contribution in [0.1, 0.15) is 35.3 Å². The van der Waals surface area contributed by atoms with Gasteiger partial charge in [0.1, 0.15) is 10.6 Å². The van der Waals surface area contributed by atoms with Gasteiger partial charge in [-0.15, -0.1) is 0 Å². The van der Waals surface area contributed by atoms with Gasteiger partial charge in [-0.1, -0.05) is 41.9 Å². The molecule has 30 heavy (non-hydrogen) atoms. The van der Waals surface area contributed by atoms with Crippen LogP contribution in [0, 0.1) is 5.92 Å². The molecule has 3 aromatic rings. The van der Waals surface area contributed by atoms with Gasteiger partial charge in [0.05, 0.1) is 0 Å². The highest BCUT2D eigenvalue weighted by atomic mass is 35.5. The average Bonchev–Trinajstić information content (AvgIpc) is 3.13. The van der Waals surface area contributed by atoms with Crippen molar-refractivity contribution in [3.63, 3.8) is 0 Å². The average molecular weight is 446 g/mol. The van der Waals surface area contributed by atoms with Gasteiger partial charge in [0.15, 0.2) is 0 Å². The third-order valence-corrected chi connectivity index (χ3v) is 7.91. The highest BCUT2D eigenvalue weighted by molar-refractivity contribution is 7.89. The van der Waals surface area contributed by atoms with E-state index in [2.05, 4.69) is 17.1 Å². The van der Waals surface area contributed by atoms with E-state index in [4.69, 9.17) is 17.3 Å². The molecule has 1 unspecified atom stereocenters. The van der Waals surface area contributed by atoms with Crippen LogP contribution in [0.4, 0.5) is 0 Å². The number of amides is 1. The van der Waals surface area contributed by atoms with E-state index < -0.39 is 15.9 Å². The van der Waals surface area contributed by atoms with E-state index in [9.17, 15) is 13.2 Å². The van der Waals surface area contributed by atoms with E-state index in [1.165, 1.54) is 9.87 Å². The van der Waals surface area contributed by atoms with E-state index in [0.29, 0.717) is 29.0 Å². The maximum absolute atomic E-state index is 13.6. The molecule has 0 radical (unpaired) electrons. The Hall–Kier alpha value is -2.35. The van der Waals surface area contributed by atoms with Gasteiger partial charge in [-0.05, 0) is 55.4 Å². The third-order valence-electron chi connectivity index (χ3n) is 5.72. The van der Waals surface area contributed by atoms with Gasteiger partial charge in [-0.25, -0.2) is 8.42 Å². The Morgan fingerprint density at radius 2 is 1.97 bits per heavy atom. The molecule has 1 aromatic heterocycles. The molecule has 1 aliphatic rings. The van der Waals surface area contributed by atoms with Gasteiger partial charge in [-0.2, -0.15) is 4.31 Å². The van der Waals surface area contributed by atoms with Gasteiger partial charge in [0, 0.05) is 29.0 Å². The van der Waals surface area contributed by atoms with E-state index >= 15 is 0 Å². The fraction of sp³-hybridized carbons (Fsp3) is 0.318. The minimum Gasteiger partial charge on any atom is -0.364 e. The van der Waals surface area contributed by atoms with Gasteiger partial charge in [0.25, 0.3) is 5.91 Å². The lowest BCUT2D eigenvalue weighted by molar-refractivity contribution is 0.0993. The second-order valence-electron chi connectivity index (χ2n) is 7.78. The lowest BCUT2D eigenvalue weighted by atomic mass is 9.93. The minimum atomic E-state index is -3.91. The number of aromatic amines is 1. The number of benzene rings is 2. The standard InChI is InChI=1S/C22H24ClN3O3S/c23-17-10-11-19-18(13-17)21(20(25-19)22(24)27)30(28,29)26-12-4-7-16(14-26)9-8-15-5-2-1-3-6-15/h1-3,5-6,10-11,13,16,25H,4,7-9,12,14H2,(H2,24,27). The Bertz CT molecular complexity index is 1180. The molecule has 0 spiro atoms. The van der Waals surface area contributed by atoms with E-state index in [0.717, 1.165) is 25.7 Å². The van der Waals surface area contributed by atoms with E-state index in [1.807, 2.05) is 18.2 Å². The van der Waals surface area contributed by atoms with E-state index in [1.54, 1.807) is 18.2 Å². The Morgan fingerprint density at radius 3 is 2.70 bits per heavy atom. The number of sulfonamides is 1. The van der Waals surface area contributed by atoms with Crippen LogP contribution in [-0.4, -0.2) is 36.7 Å². The lowest BCUT2D eigenvalue weighted by Gasteiger charge is -2.32. The molecule has 8 heteroatoms. The number of carbonyl (C=O) groups excluding carboxylic acids is 1. The van der Waals surface area contributed by atoms with Crippen molar-refractivity contribution in [2.75, 3.05) is 13.1 Å². The molecule has 0 saturated carbocycles. The monoisotopic (exact) mass is 445 g/mol. The van der Waals surface area contributed by atoms with Crippen molar-refractivity contribution in [2.45, 2.75) is 30.6 Å².